The van der Waals surface area contributed by atoms with E-state index in [1.54, 1.807) is 17.0 Å². The van der Waals surface area contributed by atoms with E-state index < -0.39 is 6.04 Å². The highest BCUT2D eigenvalue weighted by Gasteiger charge is 2.41. The molecule has 5 rings (SSSR count). The summed E-state index contributed by atoms with van der Waals surface area (Å²) in [5.74, 6) is -0.494. The first-order valence-corrected chi connectivity index (χ1v) is 11.0. The highest BCUT2D eigenvalue weighted by Crippen LogP contribution is 2.42. The summed E-state index contributed by atoms with van der Waals surface area (Å²) >= 11 is 0. The number of hydrogen-bond donors (Lipinski definition) is 0. The van der Waals surface area contributed by atoms with Crippen molar-refractivity contribution in [3.8, 4) is 0 Å². The van der Waals surface area contributed by atoms with Crippen LogP contribution in [0.2, 0.25) is 0 Å². The summed E-state index contributed by atoms with van der Waals surface area (Å²) < 4.78 is 19.1. The number of anilines is 1. The molecule has 6 nitrogen and oxygen atoms in total. The van der Waals surface area contributed by atoms with E-state index in [4.69, 9.17) is 4.74 Å². The first kappa shape index (κ1) is 20.8. The van der Waals surface area contributed by atoms with Gasteiger partial charge in [-0.3, -0.25) is 14.5 Å². The van der Waals surface area contributed by atoms with Crippen LogP contribution in [0.15, 0.2) is 49.1 Å². The molecule has 1 saturated heterocycles. The van der Waals surface area contributed by atoms with Gasteiger partial charge in [0.05, 0.1) is 25.7 Å². The lowest BCUT2D eigenvalue weighted by Gasteiger charge is -2.35. The van der Waals surface area contributed by atoms with Crippen molar-refractivity contribution in [1.29, 1.82) is 0 Å². The molecule has 0 saturated carbocycles. The normalized spacial score (nSPS) is 20.4. The summed E-state index contributed by atoms with van der Waals surface area (Å²) in [7, 11) is 0. The molecule has 3 aliphatic heterocycles. The second-order valence-electron chi connectivity index (χ2n) is 8.54. The van der Waals surface area contributed by atoms with Crippen LogP contribution in [0.5, 0.6) is 0 Å². The number of benzene rings is 2. The molecule has 2 aromatic rings. The summed E-state index contributed by atoms with van der Waals surface area (Å²) in [6, 6.07) is 9.37. The van der Waals surface area contributed by atoms with Gasteiger partial charge in [0.25, 0.3) is 5.91 Å². The molecule has 2 amide bonds. The van der Waals surface area contributed by atoms with Crippen LogP contribution in [-0.4, -0.2) is 54.3 Å². The van der Waals surface area contributed by atoms with Crippen molar-refractivity contribution in [2.24, 2.45) is 0 Å². The lowest BCUT2D eigenvalue weighted by molar-refractivity contribution is -0.133. The van der Waals surface area contributed by atoms with E-state index in [9.17, 15) is 14.0 Å². The van der Waals surface area contributed by atoms with E-state index in [0.717, 1.165) is 36.3 Å². The second kappa shape index (κ2) is 8.48. The van der Waals surface area contributed by atoms with Gasteiger partial charge in [0.15, 0.2) is 0 Å². The Balaban J connectivity index is 1.44. The van der Waals surface area contributed by atoms with Gasteiger partial charge in [-0.25, -0.2) is 4.39 Å². The third-order valence-electron chi connectivity index (χ3n) is 6.59. The fourth-order valence-corrected chi connectivity index (χ4v) is 4.88. The molecule has 166 valence electrons. The highest BCUT2D eigenvalue weighted by atomic mass is 19.1. The molecule has 3 heterocycles. The molecule has 0 bridgehead atoms. The van der Waals surface area contributed by atoms with Crippen LogP contribution >= 0.6 is 0 Å². The van der Waals surface area contributed by atoms with Crippen molar-refractivity contribution < 1.29 is 18.7 Å². The maximum absolute atomic E-state index is 13.5. The van der Waals surface area contributed by atoms with Gasteiger partial charge in [-0.1, -0.05) is 12.1 Å². The highest BCUT2D eigenvalue weighted by molar-refractivity contribution is 6.11. The molecule has 0 aliphatic carbocycles. The molecule has 0 aromatic heterocycles. The minimum Gasteiger partial charge on any atom is -0.372 e. The largest absolute Gasteiger partial charge is 0.372 e. The summed E-state index contributed by atoms with van der Waals surface area (Å²) in [6.07, 6.45) is 2.07. The molecular formula is C25H26FN3O3. The Morgan fingerprint density at radius 1 is 1.09 bits per heavy atom. The summed E-state index contributed by atoms with van der Waals surface area (Å²) in [5, 5.41) is 0. The Labute approximate surface area is 186 Å². The number of hydrogen-bond acceptors (Lipinski definition) is 4. The third-order valence-corrected chi connectivity index (χ3v) is 6.59. The van der Waals surface area contributed by atoms with Gasteiger partial charge in [-0.05, 0) is 47.0 Å². The third kappa shape index (κ3) is 3.72. The number of ether oxygens (including phenoxy) is 1. The maximum Gasteiger partial charge on any atom is 0.259 e. The van der Waals surface area contributed by atoms with Gasteiger partial charge in [0.2, 0.25) is 5.91 Å². The van der Waals surface area contributed by atoms with Crippen LogP contribution in [0, 0.1) is 5.82 Å². The number of nitrogens with zero attached hydrogens (tertiary/aromatic N) is 3. The number of amides is 2. The fourth-order valence-electron chi connectivity index (χ4n) is 4.88. The predicted octanol–water partition coefficient (Wildman–Crippen LogP) is 3.28. The van der Waals surface area contributed by atoms with Crippen molar-refractivity contribution in [2.45, 2.75) is 25.7 Å². The van der Waals surface area contributed by atoms with Gasteiger partial charge in [0.1, 0.15) is 5.82 Å². The van der Waals surface area contributed by atoms with Crippen LogP contribution in [0.25, 0.3) is 0 Å². The van der Waals surface area contributed by atoms with Gasteiger partial charge in [-0.2, -0.15) is 0 Å². The molecule has 2 aromatic carbocycles. The summed E-state index contributed by atoms with van der Waals surface area (Å²) in [6.45, 7) is 8.55. The number of carbonyl (C=O) groups excluding carboxylic acids is 2. The van der Waals surface area contributed by atoms with Crippen molar-refractivity contribution >= 4 is 17.5 Å². The Morgan fingerprint density at radius 2 is 1.78 bits per heavy atom. The summed E-state index contributed by atoms with van der Waals surface area (Å²) in [5.41, 5.74) is 4.13. The molecule has 1 atom stereocenters. The van der Waals surface area contributed by atoms with Crippen molar-refractivity contribution in [3.63, 3.8) is 0 Å². The minimum atomic E-state index is -0.424. The zero-order valence-electron chi connectivity index (χ0n) is 17.9. The van der Waals surface area contributed by atoms with Crippen molar-refractivity contribution in [1.82, 2.24) is 9.80 Å². The molecule has 0 N–H and O–H groups in total. The van der Waals surface area contributed by atoms with E-state index >= 15 is 0 Å². The van der Waals surface area contributed by atoms with Crippen LogP contribution in [0.1, 0.15) is 39.5 Å². The Bertz CT molecular complexity index is 1060. The average molecular weight is 435 g/mol. The van der Waals surface area contributed by atoms with E-state index in [-0.39, 0.29) is 24.1 Å². The van der Waals surface area contributed by atoms with Crippen LogP contribution in [-0.2, 0) is 22.7 Å². The predicted molar refractivity (Wildman–Crippen MR) is 119 cm³/mol. The van der Waals surface area contributed by atoms with Gasteiger partial charge in [-0.15, -0.1) is 6.58 Å². The van der Waals surface area contributed by atoms with Gasteiger partial charge in [0, 0.05) is 44.0 Å². The van der Waals surface area contributed by atoms with E-state index in [0.29, 0.717) is 37.6 Å². The average Bonchev–Trinajstić information content (AvgIpc) is 3.36. The molecule has 3 aliphatic rings. The number of fused-ring (bicyclic) bond motifs is 2. The molecular weight excluding hydrogens is 409 g/mol. The molecule has 7 heteroatoms. The maximum atomic E-state index is 13.5. The van der Waals surface area contributed by atoms with E-state index in [1.807, 2.05) is 23.1 Å². The topological polar surface area (TPSA) is 53.1 Å². The molecule has 0 spiro atoms. The lowest BCUT2D eigenvalue weighted by Crippen LogP contribution is -2.49. The Kier molecular flexibility index (Phi) is 5.53. The molecule has 1 unspecified atom stereocenters. The zero-order chi connectivity index (χ0) is 22.2. The van der Waals surface area contributed by atoms with E-state index in [1.165, 1.54) is 12.1 Å². The van der Waals surface area contributed by atoms with Crippen LogP contribution in [0.4, 0.5) is 10.1 Å². The lowest BCUT2D eigenvalue weighted by atomic mass is 9.96. The number of carbonyl (C=O) groups is 2. The summed E-state index contributed by atoms with van der Waals surface area (Å²) in [4.78, 5) is 32.5. The van der Waals surface area contributed by atoms with Gasteiger partial charge < -0.3 is 14.5 Å². The monoisotopic (exact) mass is 435 g/mol. The van der Waals surface area contributed by atoms with Crippen LogP contribution < -0.4 is 4.90 Å². The zero-order valence-corrected chi connectivity index (χ0v) is 17.9. The number of rotatable bonds is 5. The smallest absolute Gasteiger partial charge is 0.259 e. The van der Waals surface area contributed by atoms with Crippen molar-refractivity contribution in [3.05, 3.63) is 77.1 Å². The Hall–Kier alpha value is -3.03. The Morgan fingerprint density at radius 3 is 2.47 bits per heavy atom. The number of piperazine rings is 1. The molecule has 32 heavy (non-hydrogen) atoms. The molecule has 1 fully saturated rings. The van der Waals surface area contributed by atoms with E-state index in [2.05, 4.69) is 11.5 Å². The SMILES string of the molecule is C=CCN1CCN(C(=O)CC2c3cc4c(cc3C(=O)N2c2ccc(F)cc2)COC4)CC1. The van der Waals surface area contributed by atoms with Crippen molar-refractivity contribution in [2.75, 3.05) is 37.6 Å². The minimum absolute atomic E-state index is 0.0257. The standard InChI is InChI=1S/C25H26FN3O3/c1-2-7-27-8-10-28(11-9-27)24(30)14-23-21-12-17-15-32-16-18(17)13-22(21)25(31)29(23)20-5-3-19(26)4-6-20/h2-6,12-13,23H,1,7-11,14-16H2. The van der Waals surface area contributed by atoms with Crippen LogP contribution in [0.3, 0.4) is 0 Å². The second-order valence-corrected chi connectivity index (χ2v) is 8.54. The molecule has 0 radical (unpaired) electrons. The first-order valence-electron chi connectivity index (χ1n) is 11.0. The quantitative estimate of drug-likeness (QED) is 0.677. The number of halogens is 1. The van der Waals surface area contributed by atoms with Gasteiger partial charge >= 0.3 is 0 Å². The fraction of sp³-hybridized carbons (Fsp3) is 0.360. The first-order chi connectivity index (χ1) is 15.5.